The highest BCUT2D eigenvalue weighted by molar-refractivity contribution is 7.89. The van der Waals surface area contributed by atoms with Gasteiger partial charge in [0.05, 0.1) is 11.4 Å². The monoisotopic (exact) mass is 423 g/mol. The van der Waals surface area contributed by atoms with E-state index in [2.05, 4.69) is 5.32 Å². The molecule has 0 radical (unpaired) electrons. The lowest BCUT2D eigenvalue weighted by Crippen LogP contribution is -2.51. The number of halogens is 1. The highest BCUT2D eigenvalue weighted by Crippen LogP contribution is 2.20. The molecule has 0 aliphatic carbocycles. The second-order valence-corrected chi connectivity index (χ2v) is 8.69. The summed E-state index contributed by atoms with van der Waals surface area (Å²) in [6, 6.07) is 14.7. The summed E-state index contributed by atoms with van der Waals surface area (Å²) in [4.78, 5) is 14.4. The van der Waals surface area contributed by atoms with Crippen LogP contribution in [0.3, 0.4) is 0 Å². The Kier molecular flexibility index (Phi) is 7.46. The standard InChI is InChI=1S/C20H25N3O3S.ClH/c1-16-8-9-19(14-17(16)2)27(25,26)23-12-10-22(11-13-23)20(24)15-21-18-6-4-3-5-7-18;/h3-9,14,21H,10-13,15H2,1-2H3;1H. The molecule has 1 heterocycles. The van der Waals surface area contributed by atoms with E-state index >= 15 is 0 Å². The molecule has 0 bridgehead atoms. The number of rotatable bonds is 5. The van der Waals surface area contributed by atoms with Crippen LogP contribution in [0.4, 0.5) is 5.69 Å². The largest absolute Gasteiger partial charge is 0.376 e. The maximum absolute atomic E-state index is 12.8. The molecule has 2 aromatic rings. The first-order valence-electron chi connectivity index (χ1n) is 9.02. The number of amides is 1. The van der Waals surface area contributed by atoms with Crippen molar-refractivity contribution in [2.45, 2.75) is 18.7 Å². The van der Waals surface area contributed by atoms with E-state index < -0.39 is 10.0 Å². The Bertz CT molecular complexity index is 912. The normalized spacial score (nSPS) is 15.0. The van der Waals surface area contributed by atoms with E-state index in [0.717, 1.165) is 16.8 Å². The average molecular weight is 424 g/mol. The molecule has 3 rings (SSSR count). The molecule has 2 aromatic carbocycles. The molecule has 1 aliphatic heterocycles. The highest BCUT2D eigenvalue weighted by atomic mass is 35.5. The van der Waals surface area contributed by atoms with Crippen LogP contribution in [0.2, 0.25) is 0 Å². The predicted molar refractivity (Wildman–Crippen MR) is 113 cm³/mol. The minimum Gasteiger partial charge on any atom is -0.376 e. The van der Waals surface area contributed by atoms with Crippen LogP contribution in [0.25, 0.3) is 0 Å². The van der Waals surface area contributed by atoms with Crippen LogP contribution in [-0.4, -0.2) is 56.3 Å². The quantitative estimate of drug-likeness (QED) is 0.802. The summed E-state index contributed by atoms with van der Waals surface area (Å²) in [5, 5.41) is 3.10. The topological polar surface area (TPSA) is 69.7 Å². The number of anilines is 1. The second kappa shape index (κ2) is 9.41. The van der Waals surface area contributed by atoms with Crippen LogP contribution in [0, 0.1) is 13.8 Å². The molecule has 1 amide bonds. The number of nitrogens with zero attached hydrogens (tertiary/aromatic N) is 2. The van der Waals surface area contributed by atoms with Gasteiger partial charge in [-0.25, -0.2) is 8.42 Å². The molecular weight excluding hydrogens is 398 g/mol. The van der Waals surface area contributed by atoms with E-state index in [1.807, 2.05) is 50.2 Å². The van der Waals surface area contributed by atoms with Gasteiger partial charge in [-0.05, 0) is 49.2 Å². The van der Waals surface area contributed by atoms with Crippen molar-refractivity contribution in [3.8, 4) is 0 Å². The highest BCUT2D eigenvalue weighted by Gasteiger charge is 2.30. The third-order valence-electron chi connectivity index (χ3n) is 4.93. The van der Waals surface area contributed by atoms with Gasteiger partial charge < -0.3 is 10.2 Å². The van der Waals surface area contributed by atoms with Crippen LogP contribution >= 0.6 is 12.4 Å². The van der Waals surface area contributed by atoms with Crippen molar-refractivity contribution < 1.29 is 13.2 Å². The first-order valence-corrected chi connectivity index (χ1v) is 10.5. The maximum Gasteiger partial charge on any atom is 0.243 e. The van der Waals surface area contributed by atoms with Gasteiger partial charge in [0.1, 0.15) is 0 Å². The maximum atomic E-state index is 12.8. The van der Waals surface area contributed by atoms with Crippen LogP contribution < -0.4 is 5.32 Å². The minimum atomic E-state index is -3.53. The molecule has 0 unspecified atom stereocenters. The van der Waals surface area contributed by atoms with E-state index in [1.54, 1.807) is 17.0 Å². The number of carbonyl (C=O) groups is 1. The third kappa shape index (κ3) is 5.04. The number of piperazine rings is 1. The van der Waals surface area contributed by atoms with Crippen molar-refractivity contribution in [2.75, 3.05) is 38.0 Å². The molecule has 8 heteroatoms. The summed E-state index contributed by atoms with van der Waals surface area (Å²) in [5.41, 5.74) is 2.91. The van der Waals surface area contributed by atoms with E-state index in [-0.39, 0.29) is 24.9 Å². The molecule has 0 saturated carbocycles. The van der Waals surface area contributed by atoms with Crippen molar-refractivity contribution in [1.82, 2.24) is 9.21 Å². The van der Waals surface area contributed by atoms with Crippen LogP contribution in [-0.2, 0) is 14.8 Å². The Morgan fingerprint density at radius 3 is 2.21 bits per heavy atom. The zero-order chi connectivity index (χ0) is 19.4. The molecular formula is C20H26ClN3O3S. The zero-order valence-electron chi connectivity index (χ0n) is 16.1. The lowest BCUT2D eigenvalue weighted by atomic mass is 10.1. The molecule has 0 spiro atoms. The van der Waals surface area contributed by atoms with E-state index in [0.29, 0.717) is 31.1 Å². The molecule has 1 aliphatic rings. The molecule has 28 heavy (non-hydrogen) atoms. The Labute approximate surface area is 173 Å². The molecule has 0 aromatic heterocycles. The Balaban J connectivity index is 0.00000280. The SMILES string of the molecule is Cc1ccc(S(=O)(=O)N2CCN(C(=O)CNc3ccccc3)CC2)cc1C.Cl. The van der Waals surface area contributed by atoms with Gasteiger partial charge in [-0.2, -0.15) is 4.31 Å². The first-order chi connectivity index (χ1) is 12.9. The van der Waals surface area contributed by atoms with Crippen molar-refractivity contribution in [1.29, 1.82) is 0 Å². The molecule has 1 N–H and O–H groups in total. The summed E-state index contributed by atoms with van der Waals surface area (Å²) < 4.78 is 27.2. The van der Waals surface area contributed by atoms with Gasteiger partial charge >= 0.3 is 0 Å². The number of hydrogen-bond donors (Lipinski definition) is 1. The van der Waals surface area contributed by atoms with Crippen molar-refractivity contribution in [2.24, 2.45) is 0 Å². The summed E-state index contributed by atoms with van der Waals surface area (Å²) >= 11 is 0. The number of sulfonamides is 1. The second-order valence-electron chi connectivity index (χ2n) is 6.75. The number of aryl methyl sites for hydroxylation is 2. The predicted octanol–water partition coefficient (Wildman–Crippen LogP) is 2.67. The van der Waals surface area contributed by atoms with Crippen LogP contribution in [0.5, 0.6) is 0 Å². The van der Waals surface area contributed by atoms with Gasteiger partial charge in [0.15, 0.2) is 0 Å². The lowest BCUT2D eigenvalue weighted by Gasteiger charge is -2.34. The van der Waals surface area contributed by atoms with Crippen molar-refractivity contribution >= 4 is 34.0 Å². The number of carbonyl (C=O) groups excluding carboxylic acids is 1. The number of nitrogens with one attached hydrogen (secondary N) is 1. The Hall–Kier alpha value is -2.09. The number of benzene rings is 2. The molecule has 1 saturated heterocycles. The van der Waals surface area contributed by atoms with Gasteiger partial charge in [-0.1, -0.05) is 24.3 Å². The minimum absolute atomic E-state index is 0. The molecule has 6 nitrogen and oxygen atoms in total. The van der Waals surface area contributed by atoms with E-state index in [1.165, 1.54) is 4.31 Å². The fraction of sp³-hybridized carbons (Fsp3) is 0.350. The van der Waals surface area contributed by atoms with Gasteiger partial charge in [0.2, 0.25) is 15.9 Å². The number of para-hydroxylation sites is 1. The molecule has 0 atom stereocenters. The summed E-state index contributed by atoms with van der Waals surface area (Å²) in [6.45, 7) is 5.50. The zero-order valence-corrected chi connectivity index (χ0v) is 17.7. The molecule has 1 fully saturated rings. The van der Waals surface area contributed by atoms with E-state index in [9.17, 15) is 13.2 Å². The third-order valence-corrected chi connectivity index (χ3v) is 6.82. The van der Waals surface area contributed by atoms with Gasteiger partial charge in [0.25, 0.3) is 0 Å². The number of hydrogen-bond acceptors (Lipinski definition) is 4. The van der Waals surface area contributed by atoms with Crippen LogP contribution in [0.15, 0.2) is 53.4 Å². The fourth-order valence-corrected chi connectivity index (χ4v) is 4.55. The Morgan fingerprint density at radius 1 is 0.964 bits per heavy atom. The van der Waals surface area contributed by atoms with Crippen molar-refractivity contribution in [3.63, 3.8) is 0 Å². The van der Waals surface area contributed by atoms with Crippen molar-refractivity contribution in [3.05, 3.63) is 59.7 Å². The van der Waals surface area contributed by atoms with E-state index in [4.69, 9.17) is 0 Å². The lowest BCUT2D eigenvalue weighted by molar-refractivity contribution is -0.130. The average Bonchev–Trinajstić information content (AvgIpc) is 2.69. The summed E-state index contributed by atoms with van der Waals surface area (Å²) in [5.74, 6) is -0.0259. The van der Waals surface area contributed by atoms with Gasteiger partial charge in [-0.15, -0.1) is 12.4 Å². The smallest absolute Gasteiger partial charge is 0.243 e. The van der Waals surface area contributed by atoms with Gasteiger partial charge in [-0.3, -0.25) is 4.79 Å². The molecule has 152 valence electrons. The Morgan fingerprint density at radius 2 is 1.61 bits per heavy atom. The summed E-state index contributed by atoms with van der Waals surface area (Å²) in [6.07, 6.45) is 0. The first kappa shape index (κ1) is 22.2. The summed E-state index contributed by atoms with van der Waals surface area (Å²) in [7, 11) is -3.53. The van der Waals surface area contributed by atoms with Crippen LogP contribution in [0.1, 0.15) is 11.1 Å². The fourth-order valence-electron chi connectivity index (χ4n) is 3.05. The van der Waals surface area contributed by atoms with Gasteiger partial charge in [0, 0.05) is 31.9 Å².